The van der Waals surface area contributed by atoms with Crippen LogP contribution >= 0.6 is 0 Å². The second-order valence-corrected chi connectivity index (χ2v) is 18.0. The van der Waals surface area contributed by atoms with Gasteiger partial charge in [-0.1, -0.05) is 44.4 Å². The topological polar surface area (TPSA) is 24.1 Å². The van der Waals surface area contributed by atoms with Crippen molar-refractivity contribution in [2.45, 2.75) is 84.3 Å². The molecule has 0 amide bonds. The van der Waals surface area contributed by atoms with Crippen LogP contribution in [0.1, 0.15) is 41.5 Å². The third-order valence-electron chi connectivity index (χ3n) is 3.78. The smallest absolute Gasteiger partial charge is 0.151 e. The lowest BCUT2D eigenvalue weighted by molar-refractivity contribution is 0.510. The van der Waals surface area contributed by atoms with E-state index in [4.69, 9.17) is 0 Å². The Bertz CT molecular complexity index is 435. The van der Waals surface area contributed by atoms with Crippen molar-refractivity contribution in [3.63, 3.8) is 0 Å². The molecular formula is C17H36N2Si2. The highest BCUT2D eigenvalue weighted by Gasteiger charge is 2.38. The minimum Gasteiger partial charge on any atom is -0.332 e. The van der Waals surface area contributed by atoms with E-state index in [-0.39, 0.29) is 11.1 Å². The van der Waals surface area contributed by atoms with Gasteiger partial charge in [-0.2, -0.15) is 0 Å². The molecule has 0 radical (unpaired) electrons. The molecule has 0 bridgehead atoms. The normalized spacial score (nSPS) is 20.9. The van der Waals surface area contributed by atoms with Gasteiger partial charge in [0.15, 0.2) is 8.24 Å². The Kier molecular flexibility index (Phi) is 5.21. The van der Waals surface area contributed by atoms with Crippen LogP contribution in [0.2, 0.25) is 31.7 Å². The molecule has 1 atom stereocenters. The molecule has 0 fully saturated rings. The van der Waals surface area contributed by atoms with Gasteiger partial charge >= 0.3 is 0 Å². The molecule has 1 aliphatic carbocycles. The maximum atomic E-state index is 3.90. The largest absolute Gasteiger partial charge is 0.332 e. The zero-order valence-electron chi connectivity index (χ0n) is 15.8. The molecule has 0 aromatic carbocycles. The zero-order valence-corrected chi connectivity index (χ0v) is 17.8. The molecule has 0 aromatic rings. The summed E-state index contributed by atoms with van der Waals surface area (Å²) in [5.41, 5.74) is 0.968. The molecule has 1 unspecified atom stereocenters. The van der Waals surface area contributed by atoms with E-state index >= 15 is 0 Å². The Labute approximate surface area is 134 Å². The van der Waals surface area contributed by atoms with Crippen molar-refractivity contribution in [3.05, 3.63) is 23.4 Å². The average Bonchev–Trinajstić information content (AvgIpc) is 2.57. The summed E-state index contributed by atoms with van der Waals surface area (Å²) in [6, 6.07) is 0. The van der Waals surface area contributed by atoms with Gasteiger partial charge in [0.05, 0.1) is 0 Å². The van der Waals surface area contributed by atoms with Crippen molar-refractivity contribution < 1.29 is 0 Å². The van der Waals surface area contributed by atoms with Gasteiger partial charge in [0.1, 0.15) is 8.24 Å². The van der Waals surface area contributed by atoms with E-state index in [0.29, 0.717) is 5.54 Å². The van der Waals surface area contributed by atoms with Crippen LogP contribution in [0.25, 0.3) is 0 Å². The Balaban J connectivity index is 2.90. The summed E-state index contributed by atoms with van der Waals surface area (Å²) >= 11 is 0. The molecule has 2 N–H and O–H groups in total. The van der Waals surface area contributed by atoms with Crippen molar-refractivity contribution >= 4 is 16.5 Å². The fourth-order valence-corrected chi connectivity index (χ4v) is 10.0. The zero-order chi connectivity index (χ0) is 16.7. The van der Waals surface area contributed by atoms with Crippen LogP contribution < -0.4 is 9.96 Å². The number of allylic oxidation sites excluding steroid dienone is 4. The minimum atomic E-state index is -1.57. The molecule has 21 heavy (non-hydrogen) atoms. The van der Waals surface area contributed by atoms with E-state index < -0.39 is 16.5 Å². The highest BCUT2D eigenvalue weighted by molar-refractivity contribution is 6.83. The summed E-state index contributed by atoms with van der Waals surface area (Å²) < 4.78 is 0. The predicted octanol–water partition coefficient (Wildman–Crippen LogP) is 4.58. The van der Waals surface area contributed by atoms with Crippen LogP contribution in [0.15, 0.2) is 23.4 Å². The Morgan fingerprint density at radius 2 is 1.33 bits per heavy atom. The van der Waals surface area contributed by atoms with E-state index in [1.165, 1.54) is 0 Å². The maximum absolute atomic E-state index is 3.90. The number of hydrogen-bond acceptors (Lipinski definition) is 2. The van der Waals surface area contributed by atoms with Crippen LogP contribution in [0, 0.1) is 0 Å². The minimum absolute atomic E-state index is 0.180. The fourth-order valence-electron chi connectivity index (χ4n) is 3.44. The summed E-state index contributed by atoms with van der Waals surface area (Å²) in [7, 11) is -3.07. The van der Waals surface area contributed by atoms with Gasteiger partial charge in [-0.3, -0.25) is 0 Å². The Morgan fingerprint density at radius 3 is 1.76 bits per heavy atom. The van der Waals surface area contributed by atoms with Gasteiger partial charge in [-0.25, -0.2) is 0 Å². The second kappa shape index (κ2) is 5.80. The monoisotopic (exact) mass is 324 g/mol. The van der Waals surface area contributed by atoms with Gasteiger partial charge in [0, 0.05) is 16.6 Å². The van der Waals surface area contributed by atoms with Crippen LogP contribution in [0.4, 0.5) is 0 Å². The maximum Gasteiger partial charge on any atom is 0.151 e. The molecule has 0 saturated heterocycles. The molecule has 0 heterocycles. The Hall–Kier alpha value is -0.166. The van der Waals surface area contributed by atoms with Gasteiger partial charge in [0.25, 0.3) is 0 Å². The predicted molar refractivity (Wildman–Crippen MR) is 102 cm³/mol. The number of hydrogen-bond donors (Lipinski definition) is 2. The van der Waals surface area contributed by atoms with Crippen LogP contribution in [-0.4, -0.2) is 27.5 Å². The molecule has 0 spiro atoms. The van der Waals surface area contributed by atoms with Crippen molar-refractivity contribution in [2.24, 2.45) is 0 Å². The standard InChI is InChI=1S/C17H36N2Si2/c1-16(2,3)18-20(7,8)14-11-12-15(13-14)21(9,10)19-17(4,5)6/h11-14,18-19H,1-10H3. The van der Waals surface area contributed by atoms with Crippen molar-refractivity contribution in [3.8, 4) is 0 Å². The lowest BCUT2D eigenvalue weighted by Gasteiger charge is -2.37. The Morgan fingerprint density at radius 1 is 0.857 bits per heavy atom. The summed E-state index contributed by atoms with van der Waals surface area (Å²) in [5, 5.41) is 1.55. The highest BCUT2D eigenvalue weighted by Crippen LogP contribution is 2.34. The molecule has 0 aromatic heterocycles. The molecule has 0 saturated carbocycles. The van der Waals surface area contributed by atoms with Crippen LogP contribution in [0.3, 0.4) is 0 Å². The molecular weight excluding hydrogens is 288 g/mol. The first kappa shape index (κ1) is 18.9. The molecule has 1 rings (SSSR count). The van der Waals surface area contributed by atoms with E-state index in [1.807, 2.05) is 0 Å². The first-order chi connectivity index (χ1) is 9.12. The average molecular weight is 325 g/mol. The number of rotatable bonds is 4. The summed E-state index contributed by atoms with van der Waals surface area (Å²) in [4.78, 5) is 7.77. The molecule has 2 nitrogen and oxygen atoms in total. The van der Waals surface area contributed by atoms with Crippen LogP contribution in [0.5, 0.6) is 0 Å². The fraction of sp³-hybridized carbons (Fsp3) is 0.765. The van der Waals surface area contributed by atoms with Crippen molar-refractivity contribution in [1.29, 1.82) is 0 Å². The number of nitrogens with one attached hydrogen (secondary N) is 2. The van der Waals surface area contributed by atoms with E-state index in [2.05, 4.69) is 95.9 Å². The molecule has 1 aliphatic rings. The molecule has 122 valence electrons. The third-order valence-corrected chi connectivity index (χ3v) is 10.4. The van der Waals surface area contributed by atoms with Gasteiger partial charge < -0.3 is 9.96 Å². The van der Waals surface area contributed by atoms with Gasteiger partial charge in [0.2, 0.25) is 0 Å². The van der Waals surface area contributed by atoms with E-state index in [1.54, 1.807) is 5.20 Å². The summed E-state index contributed by atoms with van der Waals surface area (Å²) in [5.74, 6) is 0. The summed E-state index contributed by atoms with van der Waals surface area (Å²) in [6.07, 6.45) is 7.35. The van der Waals surface area contributed by atoms with E-state index in [0.717, 1.165) is 0 Å². The molecule has 4 heteroatoms. The highest BCUT2D eigenvalue weighted by atomic mass is 28.3. The lowest BCUT2D eigenvalue weighted by Crippen LogP contribution is -2.56. The first-order valence-electron chi connectivity index (χ1n) is 8.12. The first-order valence-corrected chi connectivity index (χ1v) is 14.2. The van der Waals surface area contributed by atoms with E-state index in [9.17, 15) is 0 Å². The van der Waals surface area contributed by atoms with Crippen LogP contribution in [-0.2, 0) is 0 Å². The van der Waals surface area contributed by atoms with Crippen molar-refractivity contribution in [1.82, 2.24) is 9.96 Å². The third kappa shape index (κ3) is 5.85. The van der Waals surface area contributed by atoms with Crippen molar-refractivity contribution in [2.75, 3.05) is 0 Å². The van der Waals surface area contributed by atoms with Gasteiger partial charge in [-0.15, -0.1) is 0 Å². The second-order valence-electron chi connectivity index (χ2n) is 9.60. The lowest BCUT2D eigenvalue weighted by atomic mass is 10.1. The van der Waals surface area contributed by atoms with Gasteiger partial charge in [-0.05, 0) is 46.7 Å². The quantitative estimate of drug-likeness (QED) is 0.740. The summed E-state index contributed by atoms with van der Waals surface area (Å²) in [6.45, 7) is 23.3. The molecule has 0 aliphatic heterocycles. The SMILES string of the molecule is CC(C)(C)N[Si](C)(C)C1=CC([Si](C)(C)NC(C)(C)C)C=C1.